The van der Waals surface area contributed by atoms with E-state index in [9.17, 15) is 18.0 Å². The molecule has 3 aromatic rings. The molecule has 3 heterocycles. The number of carbonyl (C=O) groups excluding carboxylic acids is 1. The molecule has 0 spiro atoms. The number of amides is 1. The number of carbonyl (C=O) groups is 1. The predicted molar refractivity (Wildman–Crippen MR) is 100 cm³/mol. The van der Waals surface area contributed by atoms with E-state index in [0.717, 1.165) is 17.0 Å². The second kappa shape index (κ2) is 7.13. The van der Waals surface area contributed by atoms with Crippen LogP contribution in [0.15, 0.2) is 42.5 Å². The smallest absolute Gasteiger partial charge is 0.353 e. The highest BCUT2D eigenvalue weighted by Gasteiger charge is 2.33. The molecule has 1 aromatic carbocycles. The number of nitrogens with one attached hydrogen (secondary N) is 1. The van der Waals surface area contributed by atoms with E-state index in [0.29, 0.717) is 37.4 Å². The molecular weight excluding hydrogens is 383 g/mol. The molecule has 29 heavy (non-hydrogen) atoms. The highest BCUT2D eigenvalue weighted by atomic mass is 19.4. The minimum Gasteiger partial charge on any atom is -0.353 e. The molecule has 148 valence electrons. The van der Waals surface area contributed by atoms with E-state index in [4.69, 9.17) is 5.26 Å². The molecule has 1 N–H and O–H groups in total. The van der Waals surface area contributed by atoms with Crippen molar-refractivity contribution in [2.45, 2.75) is 6.18 Å². The van der Waals surface area contributed by atoms with E-state index in [2.05, 4.69) is 16.0 Å². The predicted octanol–water partition coefficient (Wildman–Crippen LogP) is 3.42. The van der Waals surface area contributed by atoms with Crippen molar-refractivity contribution in [1.82, 2.24) is 14.9 Å². The third kappa shape index (κ3) is 3.74. The molecule has 1 aliphatic rings. The van der Waals surface area contributed by atoms with Crippen molar-refractivity contribution in [3.8, 4) is 6.07 Å². The van der Waals surface area contributed by atoms with Gasteiger partial charge in [0.05, 0.1) is 11.6 Å². The summed E-state index contributed by atoms with van der Waals surface area (Å²) in [7, 11) is 0. The molecule has 0 aliphatic carbocycles. The van der Waals surface area contributed by atoms with Crippen molar-refractivity contribution in [3.63, 3.8) is 0 Å². The molecule has 0 radical (unpaired) electrons. The summed E-state index contributed by atoms with van der Waals surface area (Å²) in [6, 6.07) is 12.7. The largest absolute Gasteiger partial charge is 0.433 e. The molecule has 0 unspecified atom stereocenters. The van der Waals surface area contributed by atoms with Gasteiger partial charge in [0, 0.05) is 37.1 Å². The Morgan fingerprint density at radius 2 is 1.86 bits per heavy atom. The number of aromatic amines is 1. The van der Waals surface area contributed by atoms with Crippen LogP contribution in [-0.4, -0.2) is 47.0 Å². The maximum absolute atomic E-state index is 12.9. The molecular formula is C20H16F3N5O. The fourth-order valence-corrected chi connectivity index (χ4v) is 3.38. The highest BCUT2D eigenvalue weighted by molar-refractivity contribution is 5.98. The highest BCUT2D eigenvalue weighted by Crippen LogP contribution is 2.29. The molecule has 6 nitrogen and oxygen atoms in total. The lowest BCUT2D eigenvalue weighted by Crippen LogP contribution is -2.49. The fourth-order valence-electron chi connectivity index (χ4n) is 3.38. The molecule has 4 rings (SSSR count). The Morgan fingerprint density at radius 3 is 2.55 bits per heavy atom. The second-order valence-corrected chi connectivity index (χ2v) is 6.75. The number of H-pyrrole nitrogens is 1. The van der Waals surface area contributed by atoms with E-state index < -0.39 is 11.9 Å². The number of piperazine rings is 1. The topological polar surface area (TPSA) is 76.0 Å². The van der Waals surface area contributed by atoms with Crippen LogP contribution >= 0.6 is 0 Å². The van der Waals surface area contributed by atoms with Crippen molar-refractivity contribution in [3.05, 3.63) is 59.4 Å². The number of rotatable bonds is 2. The summed E-state index contributed by atoms with van der Waals surface area (Å²) >= 11 is 0. The average molecular weight is 399 g/mol. The van der Waals surface area contributed by atoms with Gasteiger partial charge in [0.15, 0.2) is 0 Å². The summed E-state index contributed by atoms with van der Waals surface area (Å²) in [6.45, 7) is 1.52. The monoisotopic (exact) mass is 399 g/mol. The van der Waals surface area contributed by atoms with Gasteiger partial charge in [0.1, 0.15) is 17.2 Å². The number of fused-ring (bicyclic) bond motifs is 1. The number of alkyl halides is 3. The first-order valence-electron chi connectivity index (χ1n) is 8.96. The third-order valence-electron chi connectivity index (χ3n) is 4.90. The first kappa shape index (κ1) is 18.8. The lowest BCUT2D eigenvalue weighted by molar-refractivity contribution is -0.141. The van der Waals surface area contributed by atoms with Crippen molar-refractivity contribution in [1.29, 1.82) is 5.26 Å². The fraction of sp³-hybridized carbons (Fsp3) is 0.250. The van der Waals surface area contributed by atoms with Crippen LogP contribution in [0, 0.1) is 11.3 Å². The average Bonchev–Trinajstić information content (AvgIpc) is 3.16. The molecule has 2 aromatic heterocycles. The summed E-state index contributed by atoms with van der Waals surface area (Å²) in [4.78, 5) is 23.0. The zero-order chi connectivity index (χ0) is 20.6. The number of hydrogen-bond acceptors (Lipinski definition) is 4. The third-order valence-corrected chi connectivity index (χ3v) is 4.90. The van der Waals surface area contributed by atoms with Crippen LogP contribution < -0.4 is 4.90 Å². The van der Waals surface area contributed by atoms with Crippen molar-refractivity contribution in [2.75, 3.05) is 31.1 Å². The molecule has 0 saturated carbocycles. The number of nitriles is 1. The number of halogens is 3. The summed E-state index contributed by atoms with van der Waals surface area (Å²) < 4.78 is 38.6. The Morgan fingerprint density at radius 1 is 1.10 bits per heavy atom. The maximum atomic E-state index is 12.9. The van der Waals surface area contributed by atoms with Crippen LogP contribution in [0.4, 0.5) is 19.0 Å². The minimum absolute atomic E-state index is 0.184. The molecule has 1 amide bonds. The normalized spacial score (nSPS) is 14.8. The Bertz CT molecular complexity index is 1110. The van der Waals surface area contributed by atoms with E-state index in [1.54, 1.807) is 34.1 Å². The quantitative estimate of drug-likeness (QED) is 0.717. The second-order valence-electron chi connectivity index (χ2n) is 6.75. The van der Waals surface area contributed by atoms with Gasteiger partial charge in [0.25, 0.3) is 5.91 Å². The number of benzene rings is 1. The number of aromatic nitrogens is 2. The van der Waals surface area contributed by atoms with E-state index in [-0.39, 0.29) is 11.7 Å². The van der Waals surface area contributed by atoms with Crippen LogP contribution in [0.5, 0.6) is 0 Å². The Kier molecular flexibility index (Phi) is 4.62. The van der Waals surface area contributed by atoms with Gasteiger partial charge in [-0.15, -0.1) is 0 Å². The minimum atomic E-state index is -4.49. The van der Waals surface area contributed by atoms with Crippen LogP contribution in [0.25, 0.3) is 10.9 Å². The van der Waals surface area contributed by atoms with Gasteiger partial charge in [-0.2, -0.15) is 18.4 Å². The van der Waals surface area contributed by atoms with Gasteiger partial charge in [-0.25, -0.2) is 4.98 Å². The van der Waals surface area contributed by atoms with Crippen LogP contribution in [-0.2, 0) is 6.18 Å². The van der Waals surface area contributed by atoms with Crippen LogP contribution in [0.1, 0.15) is 21.7 Å². The molecule has 1 fully saturated rings. The zero-order valence-corrected chi connectivity index (χ0v) is 15.2. The SMILES string of the molecule is N#Cc1ccc2[nH]c(C(=O)N3CCN(c4cccc(C(F)(F)F)n4)CC3)cc2c1. The lowest BCUT2D eigenvalue weighted by Gasteiger charge is -2.35. The van der Waals surface area contributed by atoms with Gasteiger partial charge in [-0.05, 0) is 36.4 Å². The first-order valence-corrected chi connectivity index (χ1v) is 8.96. The van der Waals surface area contributed by atoms with Gasteiger partial charge in [-0.1, -0.05) is 6.07 Å². The molecule has 0 bridgehead atoms. The van der Waals surface area contributed by atoms with Crippen molar-refractivity contribution >= 4 is 22.6 Å². The standard InChI is InChI=1S/C20H16F3N5O/c21-20(22,23)17-2-1-3-18(26-17)27-6-8-28(9-7-27)19(29)16-11-14-10-13(12-24)4-5-15(14)25-16/h1-5,10-11,25H,6-9H2. The Hall–Kier alpha value is -3.54. The van der Waals surface area contributed by atoms with E-state index >= 15 is 0 Å². The number of hydrogen-bond donors (Lipinski definition) is 1. The summed E-state index contributed by atoms with van der Waals surface area (Å²) in [5, 5.41) is 9.77. The molecule has 9 heteroatoms. The molecule has 1 aliphatic heterocycles. The summed E-state index contributed by atoms with van der Waals surface area (Å²) in [6.07, 6.45) is -4.49. The van der Waals surface area contributed by atoms with E-state index in [1.807, 2.05) is 0 Å². The first-order chi connectivity index (χ1) is 13.8. The van der Waals surface area contributed by atoms with Gasteiger partial charge in [-0.3, -0.25) is 4.79 Å². The van der Waals surface area contributed by atoms with Crippen molar-refractivity contribution < 1.29 is 18.0 Å². The van der Waals surface area contributed by atoms with E-state index in [1.165, 1.54) is 12.1 Å². The zero-order valence-electron chi connectivity index (χ0n) is 15.2. The number of pyridine rings is 1. The Balaban J connectivity index is 1.46. The lowest BCUT2D eigenvalue weighted by atomic mass is 10.2. The van der Waals surface area contributed by atoms with Gasteiger partial charge < -0.3 is 14.8 Å². The molecule has 1 saturated heterocycles. The molecule has 0 atom stereocenters. The number of nitrogens with zero attached hydrogens (tertiary/aromatic N) is 4. The van der Waals surface area contributed by atoms with Gasteiger partial charge >= 0.3 is 6.18 Å². The Labute approximate surface area is 164 Å². The number of anilines is 1. The summed E-state index contributed by atoms with van der Waals surface area (Å²) in [5.74, 6) is 0.0675. The van der Waals surface area contributed by atoms with Crippen LogP contribution in [0.2, 0.25) is 0 Å². The van der Waals surface area contributed by atoms with Gasteiger partial charge in [0.2, 0.25) is 0 Å². The van der Waals surface area contributed by atoms with Crippen LogP contribution in [0.3, 0.4) is 0 Å². The van der Waals surface area contributed by atoms with Crippen molar-refractivity contribution in [2.24, 2.45) is 0 Å². The summed E-state index contributed by atoms with van der Waals surface area (Å²) in [5.41, 5.74) is 0.765. The maximum Gasteiger partial charge on any atom is 0.433 e.